The molecule has 3 rings (SSSR count). The van der Waals surface area contributed by atoms with Crippen molar-refractivity contribution in [2.24, 2.45) is 0 Å². The van der Waals surface area contributed by atoms with Crippen LogP contribution in [0.1, 0.15) is 5.56 Å². The topological polar surface area (TPSA) is 65.1 Å². The van der Waals surface area contributed by atoms with Gasteiger partial charge in [-0.2, -0.15) is 0 Å². The smallest absolute Gasteiger partial charge is 0.293 e. The van der Waals surface area contributed by atoms with Crippen molar-refractivity contribution in [3.05, 3.63) is 58.0 Å². The van der Waals surface area contributed by atoms with Gasteiger partial charge in [-0.1, -0.05) is 35.7 Å². The van der Waals surface area contributed by atoms with E-state index in [1.807, 2.05) is 30.3 Å². The van der Waals surface area contributed by atoms with E-state index >= 15 is 0 Å². The van der Waals surface area contributed by atoms with Gasteiger partial charge in [-0.05, 0) is 47.7 Å². The van der Waals surface area contributed by atoms with Gasteiger partial charge in [-0.25, -0.2) is 0 Å². The highest BCUT2D eigenvalue weighted by Crippen LogP contribution is 2.38. The Hall–Kier alpha value is -3.08. The second-order valence-electron chi connectivity index (χ2n) is 6.02. The first-order valence-corrected chi connectivity index (χ1v) is 10.1. The normalized spacial score (nSPS) is 14.7. The summed E-state index contributed by atoms with van der Waals surface area (Å²) in [4.78, 5) is 26.4. The van der Waals surface area contributed by atoms with E-state index in [0.717, 1.165) is 16.7 Å². The summed E-state index contributed by atoms with van der Waals surface area (Å²) in [5, 5.41) is -0.0683. The molecule has 0 aliphatic carbocycles. The molecule has 0 spiro atoms. The molecule has 1 heterocycles. The van der Waals surface area contributed by atoms with Crippen LogP contribution in [0.5, 0.6) is 17.2 Å². The maximum atomic E-state index is 12.7. The lowest BCUT2D eigenvalue weighted by molar-refractivity contribution is -0.123. The SMILES string of the molecule is C#CCOc1c(Cl)cc(/C=C2\SC(=O)N(CCOc3ccccc3)C2=O)cc1OC. The fraction of sp³-hybridized carbons (Fsp3) is 0.182. The fourth-order valence-corrected chi connectivity index (χ4v) is 3.83. The number of carbonyl (C=O) groups is 2. The third-order valence-electron chi connectivity index (χ3n) is 4.05. The molecule has 6 nitrogen and oxygen atoms in total. The zero-order valence-electron chi connectivity index (χ0n) is 16.1. The Morgan fingerprint density at radius 3 is 2.67 bits per heavy atom. The number of rotatable bonds is 8. The Morgan fingerprint density at radius 1 is 1.20 bits per heavy atom. The predicted molar refractivity (Wildman–Crippen MR) is 117 cm³/mol. The Morgan fingerprint density at radius 2 is 1.97 bits per heavy atom. The molecule has 0 radical (unpaired) electrons. The second-order valence-corrected chi connectivity index (χ2v) is 7.42. The number of amides is 2. The van der Waals surface area contributed by atoms with Crippen LogP contribution in [0.4, 0.5) is 4.79 Å². The minimum absolute atomic E-state index is 0.0410. The highest BCUT2D eigenvalue weighted by atomic mass is 35.5. The summed E-state index contributed by atoms with van der Waals surface area (Å²) in [6.07, 6.45) is 6.80. The maximum Gasteiger partial charge on any atom is 0.293 e. The minimum Gasteiger partial charge on any atom is -0.493 e. The largest absolute Gasteiger partial charge is 0.493 e. The molecule has 2 aromatic rings. The molecular formula is C22H18ClNO5S. The number of nitrogens with zero attached hydrogens (tertiary/aromatic N) is 1. The third-order valence-corrected chi connectivity index (χ3v) is 5.24. The van der Waals surface area contributed by atoms with E-state index < -0.39 is 0 Å². The first-order chi connectivity index (χ1) is 14.5. The molecule has 0 saturated carbocycles. The van der Waals surface area contributed by atoms with Gasteiger partial charge < -0.3 is 14.2 Å². The van der Waals surface area contributed by atoms with Gasteiger partial charge in [0.1, 0.15) is 19.0 Å². The molecular weight excluding hydrogens is 426 g/mol. The average Bonchev–Trinajstić information content (AvgIpc) is 3.00. The average molecular weight is 444 g/mol. The van der Waals surface area contributed by atoms with Crippen molar-refractivity contribution >= 4 is 40.6 Å². The number of benzene rings is 2. The van der Waals surface area contributed by atoms with Crippen LogP contribution in [0.2, 0.25) is 5.02 Å². The number of carbonyl (C=O) groups excluding carboxylic acids is 2. The Kier molecular flexibility index (Phi) is 7.28. The molecule has 2 amide bonds. The van der Waals surface area contributed by atoms with Crippen LogP contribution in [-0.2, 0) is 4.79 Å². The van der Waals surface area contributed by atoms with Crippen molar-refractivity contribution in [2.75, 3.05) is 26.9 Å². The van der Waals surface area contributed by atoms with Crippen LogP contribution in [0.3, 0.4) is 0 Å². The molecule has 0 aromatic heterocycles. The molecule has 154 valence electrons. The predicted octanol–water partition coefficient (Wildman–Crippen LogP) is 4.48. The first kappa shape index (κ1) is 21.6. The number of thioether (sulfide) groups is 1. The van der Waals surface area contributed by atoms with E-state index in [0.29, 0.717) is 22.8 Å². The second kappa shape index (κ2) is 10.1. The standard InChI is InChI=1S/C22H18ClNO5S/c1-3-10-29-20-17(23)12-15(13-18(20)27-2)14-19-21(25)24(22(26)30-19)9-11-28-16-7-5-4-6-8-16/h1,4-8,12-14H,9-11H2,2H3/b19-14-. The van der Waals surface area contributed by atoms with Crippen molar-refractivity contribution in [3.63, 3.8) is 0 Å². The zero-order chi connectivity index (χ0) is 21.5. The summed E-state index contributed by atoms with van der Waals surface area (Å²) < 4.78 is 16.3. The summed E-state index contributed by atoms with van der Waals surface area (Å²) >= 11 is 7.13. The summed E-state index contributed by atoms with van der Waals surface area (Å²) in [7, 11) is 1.47. The summed E-state index contributed by atoms with van der Waals surface area (Å²) in [5.74, 6) is 3.35. The van der Waals surface area contributed by atoms with Crippen molar-refractivity contribution in [2.45, 2.75) is 0 Å². The number of terminal acetylenes is 1. The van der Waals surface area contributed by atoms with Crippen LogP contribution in [0.15, 0.2) is 47.4 Å². The van der Waals surface area contributed by atoms with Gasteiger partial charge in [0.2, 0.25) is 0 Å². The van der Waals surface area contributed by atoms with Crippen LogP contribution >= 0.6 is 23.4 Å². The molecule has 8 heteroatoms. The maximum absolute atomic E-state index is 12.7. The number of halogens is 1. The zero-order valence-corrected chi connectivity index (χ0v) is 17.7. The number of hydrogen-bond donors (Lipinski definition) is 0. The number of imide groups is 1. The van der Waals surface area contributed by atoms with Crippen molar-refractivity contribution in [3.8, 4) is 29.6 Å². The van der Waals surface area contributed by atoms with Gasteiger partial charge in [0.25, 0.3) is 11.1 Å². The molecule has 1 aliphatic heterocycles. The molecule has 0 N–H and O–H groups in total. The van der Waals surface area contributed by atoms with Gasteiger partial charge in [-0.3, -0.25) is 14.5 Å². The Balaban J connectivity index is 1.71. The van der Waals surface area contributed by atoms with E-state index in [-0.39, 0.29) is 40.8 Å². The Labute approximate surface area is 183 Å². The lowest BCUT2D eigenvalue weighted by atomic mass is 10.1. The molecule has 0 atom stereocenters. The summed E-state index contributed by atoms with van der Waals surface area (Å²) in [5.41, 5.74) is 0.593. The number of ether oxygens (including phenoxy) is 3. The summed E-state index contributed by atoms with van der Waals surface area (Å²) in [6.45, 7) is 0.398. The van der Waals surface area contributed by atoms with Crippen LogP contribution < -0.4 is 14.2 Å². The first-order valence-electron chi connectivity index (χ1n) is 8.90. The van der Waals surface area contributed by atoms with E-state index in [2.05, 4.69) is 5.92 Å². The third kappa shape index (κ3) is 5.09. The van der Waals surface area contributed by atoms with E-state index in [9.17, 15) is 9.59 Å². The lowest BCUT2D eigenvalue weighted by Gasteiger charge is -2.13. The molecule has 30 heavy (non-hydrogen) atoms. The molecule has 1 aliphatic rings. The molecule has 0 bridgehead atoms. The highest BCUT2D eigenvalue weighted by Gasteiger charge is 2.34. The van der Waals surface area contributed by atoms with E-state index in [1.54, 1.807) is 18.2 Å². The monoisotopic (exact) mass is 443 g/mol. The molecule has 0 unspecified atom stereocenters. The van der Waals surface area contributed by atoms with Crippen molar-refractivity contribution < 1.29 is 23.8 Å². The van der Waals surface area contributed by atoms with Crippen LogP contribution in [-0.4, -0.2) is 42.9 Å². The molecule has 2 aromatic carbocycles. The number of methoxy groups -OCH3 is 1. The molecule has 1 saturated heterocycles. The van der Waals surface area contributed by atoms with E-state index in [1.165, 1.54) is 7.11 Å². The van der Waals surface area contributed by atoms with Gasteiger partial charge in [0.15, 0.2) is 11.5 Å². The Bertz CT molecular complexity index is 1020. The minimum atomic E-state index is -0.385. The van der Waals surface area contributed by atoms with Crippen LogP contribution in [0.25, 0.3) is 6.08 Å². The summed E-state index contributed by atoms with van der Waals surface area (Å²) in [6, 6.07) is 12.5. The van der Waals surface area contributed by atoms with Gasteiger partial charge in [0, 0.05) is 0 Å². The lowest BCUT2D eigenvalue weighted by Crippen LogP contribution is -2.32. The van der Waals surface area contributed by atoms with Crippen molar-refractivity contribution in [1.82, 2.24) is 4.90 Å². The van der Waals surface area contributed by atoms with Gasteiger partial charge >= 0.3 is 0 Å². The van der Waals surface area contributed by atoms with Gasteiger partial charge in [0.05, 0.1) is 23.6 Å². The van der Waals surface area contributed by atoms with Gasteiger partial charge in [-0.15, -0.1) is 6.42 Å². The van der Waals surface area contributed by atoms with Crippen LogP contribution in [0, 0.1) is 12.3 Å². The molecule has 1 fully saturated rings. The number of para-hydroxylation sites is 1. The number of hydrogen-bond acceptors (Lipinski definition) is 6. The highest BCUT2D eigenvalue weighted by molar-refractivity contribution is 8.18. The van der Waals surface area contributed by atoms with E-state index in [4.69, 9.17) is 32.2 Å². The fourth-order valence-electron chi connectivity index (χ4n) is 2.69. The quantitative estimate of drug-likeness (QED) is 0.443. The van der Waals surface area contributed by atoms with Crippen molar-refractivity contribution in [1.29, 1.82) is 0 Å².